The van der Waals surface area contributed by atoms with Crippen LogP contribution in [-0.4, -0.2) is 10.7 Å². The minimum absolute atomic E-state index is 0.453. The van der Waals surface area contributed by atoms with Crippen molar-refractivity contribution in [3.05, 3.63) is 12.7 Å². The van der Waals surface area contributed by atoms with Gasteiger partial charge in [-0.05, 0) is 38.0 Å². The summed E-state index contributed by atoms with van der Waals surface area (Å²) >= 11 is 0. The average molecular weight is 168 g/mol. The third-order valence-electron chi connectivity index (χ3n) is 3.27. The molecule has 1 rings (SSSR count). The standard InChI is InChI=1S/C11H20O/c1-4-9-6-7-10(5-2)11(3,12)8-9/h4,9-10,12H,1,5-8H2,2-3H3/t9-,10-,11+/m1/s1. The lowest BCUT2D eigenvalue weighted by Crippen LogP contribution is -2.40. The van der Waals surface area contributed by atoms with Crippen LogP contribution in [-0.2, 0) is 0 Å². The summed E-state index contributed by atoms with van der Waals surface area (Å²) < 4.78 is 0. The second kappa shape index (κ2) is 3.61. The van der Waals surface area contributed by atoms with Gasteiger partial charge in [-0.25, -0.2) is 0 Å². The SMILES string of the molecule is C=C[C@@H]1CC[C@@H](CC)[C@@](C)(O)C1. The van der Waals surface area contributed by atoms with Crippen molar-refractivity contribution in [2.75, 3.05) is 0 Å². The van der Waals surface area contributed by atoms with E-state index in [0.29, 0.717) is 11.8 Å². The fourth-order valence-electron chi connectivity index (χ4n) is 2.37. The van der Waals surface area contributed by atoms with E-state index in [9.17, 15) is 5.11 Å². The van der Waals surface area contributed by atoms with Crippen molar-refractivity contribution in [3.8, 4) is 0 Å². The zero-order chi connectivity index (χ0) is 9.19. The van der Waals surface area contributed by atoms with Crippen molar-refractivity contribution in [2.45, 2.75) is 45.1 Å². The zero-order valence-electron chi connectivity index (χ0n) is 8.21. The lowest BCUT2D eigenvalue weighted by Gasteiger charge is -2.39. The van der Waals surface area contributed by atoms with E-state index in [-0.39, 0.29) is 0 Å². The van der Waals surface area contributed by atoms with Crippen molar-refractivity contribution in [1.82, 2.24) is 0 Å². The van der Waals surface area contributed by atoms with Gasteiger partial charge in [0.25, 0.3) is 0 Å². The second-order valence-electron chi connectivity index (χ2n) is 4.24. The van der Waals surface area contributed by atoms with Gasteiger partial charge in [0.2, 0.25) is 0 Å². The first-order valence-electron chi connectivity index (χ1n) is 4.95. The molecule has 1 N–H and O–H groups in total. The van der Waals surface area contributed by atoms with E-state index in [1.54, 1.807) is 0 Å². The van der Waals surface area contributed by atoms with E-state index in [2.05, 4.69) is 13.5 Å². The zero-order valence-corrected chi connectivity index (χ0v) is 8.21. The normalized spacial score (nSPS) is 42.6. The van der Waals surface area contributed by atoms with Gasteiger partial charge in [0.15, 0.2) is 0 Å². The predicted molar refractivity (Wildman–Crippen MR) is 51.9 cm³/mol. The summed E-state index contributed by atoms with van der Waals surface area (Å²) in [5.74, 6) is 1.02. The summed E-state index contributed by atoms with van der Waals surface area (Å²) in [6, 6.07) is 0. The van der Waals surface area contributed by atoms with Gasteiger partial charge < -0.3 is 5.11 Å². The van der Waals surface area contributed by atoms with Gasteiger partial charge in [-0.2, -0.15) is 0 Å². The van der Waals surface area contributed by atoms with Gasteiger partial charge in [-0.15, -0.1) is 6.58 Å². The highest BCUT2D eigenvalue weighted by Gasteiger charge is 2.36. The number of hydrogen-bond donors (Lipinski definition) is 1. The Hall–Kier alpha value is -0.300. The Labute approximate surface area is 75.5 Å². The summed E-state index contributed by atoms with van der Waals surface area (Å²) in [5.41, 5.74) is -0.453. The maximum absolute atomic E-state index is 10.1. The van der Waals surface area contributed by atoms with Crippen molar-refractivity contribution < 1.29 is 5.11 Å². The van der Waals surface area contributed by atoms with E-state index in [0.717, 1.165) is 19.3 Å². The molecule has 0 spiro atoms. The van der Waals surface area contributed by atoms with Crippen molar-refractivity contribution in [2.24, 2.45) is 11.8 Å². The monoisotopic (exact) mass is 168 g/mol. The van der Waals surface area contributed by atoms with Gasteiger partial charge in [0.1, 0.15) is 0 Å². The van der Waals surface area contributed by atoms with Crippen LogP contribution in [0.2, 0.25) is 0 Å². The van der Waals surface area contributed by atoms with E-state index >= 15 is 0 Å². The predicted octanol–water partition coefficient (Wildman–Crippen LogP) is 2.75. The second-order valence-corrected chi connectivity index (χ2v) is 4.24. The Balaban J connectivity index is 2.60. The third-order valence-corrected chi connectivity index (χ3v) is 3.27. The van der Waals surface area contributed by atoms with Gasteiger partial charge >= 0.3 is 0 Å². The molecular weight excluding hydrogens is 148 g/mol. The summed E-state index contributed by atoms with van der Waals surface area (Å²) in [4.78, 5) is 0. The summed E-state index contributed by atoms with van der Waals surface area (Å²) in [7, 11) is 0. The molecule has 0 aromatic carbocycles. The van der Waals surface area contributed by atoms with Crippen LogP contribution in [0.25, 0.3) is 0 Å². The highest BCUT2D eigenvalue weighted by molar-refractivity contribution is 4.94. The van der Waals surface area contributed by atoms with Crippen LogP contribution in [0, 0.1) is 11.8 Å². The van der Waals surface area contributed by atoms with Gasteiger partial charge in [-0.3, -0.25) is 0 Å². The van der Waals surface area contributed by atoms with Gasteiger partial charge in [0.05, 0.1) is 5.60 Å². The van der Waals surface area contributed by atoms with Crippen molar-refractivity contribution >= 4 is 0 Å². The maximum atomic E-state index is 10.1. The number of rotatable bonds is 2. The van der Waals surface area contributed by atoms with Gasteiger partial charge in [-0.1, -0.05) is 19.4 Å². The molecule has 3 atom stereocenters. The van der Waals surface area contributed by atoms with Crippen LogP contribution in [0.4, 0.5) is 0 Å². The molecule has 1 aliphatic carbocycles. The van der Waals surface area contributed by atoms with Crippen LogP contribution in [0.15, 0.2) is 12.7 Å². The molecule has 1 nitrogen and oxygen atoms in total. The highest BCUT2D eigenvalue weighted by atomic mass is 16.3. The first kappa shape index (κ1) is 9.79. The molecule has 0 saturated heterocycles. The van der Waals surface area contributed by atoms with Crippen LogP contribution < -0.4 is 0 Å². The molecule has 0 aliphatic heterocycles. The lowest BCUT2D eigenvalue weighted by molar-refractivity contribution is -0.0446. The maximum Gasteiger partial charge on any atom is 0.0653 e. The first-order valence-corrected chi connectivity index (χ1v) is 4.95. The van der Waals surface area contributed by atoms with Gasteiger partial charge in [0, 0.05) is 0 Å². The molecule has 1 saturated carbocycles. The highest BCUT2D eigenvalue weighted by Crippen LogP contribution is 2.38. The summed E-state index contributed by atoms with van der Waals surface area (Å²) in [6.45, 7) is 7.92. The molecule has 1 aliphatic rings. The Morgan fingerprint density at radius 1 is 1.58 bits per heavy atom. The van der Waals surface area contributed by atoms with Crippen LogP contribution in [0.3, 0.4) is 0 Å². The molecule has 0 aromatic heterocycles. The van der Waals surface area contributed by atoms with E-state index in [1.165, 1.54) is 6.42 Å². The van der Waals surface area contributed by atoms with Crippen molar-refractivity contribution in [1.29, 1.82) is 0 Å². The quantitative estimate of drug-likeness (QED) is 0.629. The van der Waals surface area contributed by atoms with Crippen LogP contribution in [0.1, 0.15) is 39.5 Å². The largest absolute Gasteiger partial charge is 0.390 e. The van der Waals surface area contributed by atoms with E-state index < -0.39 is 5.60 Å². The molecule has 70 valence electrons. The summed E-state index contributed by atoms with van der Waals surface area (Å²) in [6.07, 6.45) is 6.34. The fraction of sp³-hybridized carbons (Fsp3) is 0.818. The Bertz CT molecular complexity index is 160. The van der Waals surface area contributed by atoms with Crippen molar-refractivity contribution in [3.63, 3.8) is 0 Å². The molecule has 0 radical (unpaired) electrons. The van der Waals surface area contributed by atoms with E-state index in [1.807, 2.05) is 13.0 Å². The molecule has 0 heterocycles. The lowest BCUT2D eigenvalue weighted by atomic mass is 9.71. The Morgan fingerprint density at radius 2 is 2.25 bits per heavy atom. The molecule has 12 heavy (non-hydrogen) atoms. The van der Waals surface area contributed by atoms with E-state index in [4.69, 9.17) is 0 Å². The molecule has 0 bridgehead atoms. The van der Waals surface area contributed by atoms with Crippen LogP contribution >= 0.6 is 0 Å². The number of hydrogen-bond acceptors (Lipinski definition) is 1. The van der Waals surface area contributed by atoms with Crippen LogP contribution in [0.5, 0.6) is 0 Å². The molecule has 0 aromatic rings. The Kier molecular flexibility index (Phi) is 2.94. The molecule has 1 heteroatoms. The molecule has 1 fully saturated rings. The Morgan fingerprint density at radius 3 is 2.67 bits per heavy atom. The molecule has 0 unspecified atom stereocenters. The average Bonchev–Trinajstić information content (AvgIpc) is 2.02. The topological polar surface area (TPSA) is 20.2 Å². The fourth-order valence-corrected chi connectivity index (χ4v) is 2.37. The minimum atomic E-state index is -0.453. The third kappa shape index (κ3) is 1.89. The molecule has 0 amide bonds. The first-order chi connectivity index (χ1) is 5.60. The minimum Gasteiger partial charge on any atom is -0.390 e. The smallest absolute Gasteiger partial charge is 0.0653 e. The molecular formula is C11H20O. The number of aliphatic hydroxyl groups is 1. The summed E-state index contributed by atoms with van der Waals surface area (Å²) in [5, 5.41) is 10.1. The number of allylic oxidation sites excluding steroid dienone is 1.